The Morgan fingerprint density at radius 2 is 2.04 bits per heavy atom. The molecule has 3 rings (SSSR count). The van der Waals surface area contributed by atoms with Crippen molar-refractivity contribution in [3.05, 3.63) is 36.0 Å². The third-order valence-corrected chi connectivity index (χ3v) is 5.44. The smallest absolute Gasteiger partial charge is 0.256 e. The van der Waals surface area contributed by atoms with Crippen LogP contribution < -0.4 is 0 Å². The minimum Gasteiger partial charge on any atom is -0.383 e. The van der Waals surface area contributed by atoms with Crippen LogP contribution >= 0.6 is 0 Å². The van der Waals surface area contributed by atoms with Crippen LogP contribution in [0.4, 0.5) is 0 Å². The molecule has 1 amide bonds. The van der Waals surface area contributed by atoms with Crippen molar-refractivity contribution in [2.45, 2.75) is 25.9 Å². The molecule has 5 nitrogen and oxygen atoms in total. The average molecular weight is 343 g/mol. The van der Waals surface area contributed by atoms with E-state index in [1.165, 1.54) is 0 Å². The fourth-order valence-electron chi connectivity index (χ4n) is 3.97. The molecule has 2 atom stereocenters. The van der Waals surface area contributed by atoms with Gasteiger partial charge in [-0.15, -0.1) is 0 Å². The summed E-state index contributed by atoms with van der Waals surface area (Å²) < 4.78 is 7.34. The highest BCUT2D eigenvalue weighted by atomic mass is 16.5. The number of amides is 1. The van der Waals surface area contributed by atoms with Crippen molar-refractivity contribution >= 4 is 16.8 Å². The lowest BCUT2D eigenvalue weighted by Gasteiger charge is -2.23. The number of carbonyl (C=O) groups is 1. The van der Waals surface area contributed by atoms with Crippen molar-refractivity contribution in [1.29, 1.82) is 0 Å². The summed E-state index contributed by atoms with van der Waals surface area (Å²) in [5.74, 6) is 0.691. The molecule has 1 aliphatic rings. The zero-order chi connectivity index (χ0) is 18.0. The summed E-state index contributed by atoms with van der Waals surface area (Å²) in [5, 5.41) is 1.03. The summed E-state index contributed by atoms with van der Waals surface area (Å²) in [6.45, 7) is 5.25. The zero-order valence-electron chi connectivity index (χ0n) is 15.7. The van der Waals surface area contributed by atoms with Gasteiger partial charge in [0.1, 0.15) is 0 Å². The number of fused-ring (bicyclic) bond motifs is 1. The second-order valence-electron chi connectivity index (χ2n) is 7.16. The molecule has 1 aromatic heterocycles. The van der Waals surface area contributed by atoms with Crippen molar-refractivity contribution in [3.8, 4) is 0 Å². The van der Waals surface area contributed by atoms with Gasteiger partial charge in [0.15, 0.2) is 0 Å². The molecule has 0 aliphatic carbocycles. The molecule has 1 saturated heterocycles. The van der Waals surface area contributed by atoms with E-state index in [1.807, 2.05) is 29.3 Å². The van der Waals surface area contributed by atoms with Crippen LogP contribution in [0.3, 0.4) is 0 Å². The van der Waals surface area contributed by atoms with Gasteiger partial charge in [0.05, 0.1) is 12.2 Å². The van der Waals surface area contributed by atoms with Crippen molar-refractivity contribution < 1.29 is 9.53 Å². The van der Waals surface area contributed by atoms with E-state index in [0.29, 0.717) is 18.6 Å². The number of rotatable bonds is 6. The number of carbonyl (C=O) groups excluding carboxylic acids is 1. The summed E-state index contributed by atoms with van der Waals surface area (Å²) in [5.41, 5.74) is 1.90. The third-order valence-electron chi connectivity index (χ3n) is 5.44. The molecule has 5 heteroatoms. The Hall–Kier alpha value is -1.85. The topological polar surface area (TPSA) is 37.7 Å². The molecule has 0 spiro atoms. The Morgan fingerprint density at radius 3 is 2.68 bits per heavy atom. The number of ether oxygens (including phenoxy) is 1. The molecule has 0 bridgehead atoms. The van der Waals surface area contributed by atoms with Crippen LogP contribution in [0.15, 0.2) is 30.5 Å². The molecule has 1 aliphatic heterocycles. The van der Waals surface area contributed by atoms with Gasteiger partial charge in [-0.3, -0.25) is 4.79 Å². The van der Waals surface area contributed by atoms with Gasteiger partial charge >= 0.3 is 0 Å². The highest BCUT2D eigenvalue weighted by Crippen LogP contribution is 2.28. The maximum atomic E-state index is 13.2. The molecular formula is C20H29N3O2. The van der Waals surface area contributed by atoms with Gasteiger partial charge in [0.2, 0.25) is 0 Å². The third kappa shape index (κ3) is 3.44. The second-order valence-corrected chi connectivity index (χ2v) is 7.16. The first-order valence-electron chi connectivity index (χ1n) is 9.09. The van der Waals surface area contributed by atoms with Gasteiger partial charge in [0, 0.05) is 49.9 Å². The van der Waals surface area contributed by atoms with Crippen LogP contribution in [0.2, 0.25) is 0 Å². The standard InChI is InChI=1S/C20H29N3O2/c1-5-15-12-23(14-19(15)21(2)3)20(24)17-13-22(10-11-25-4)18-9-7-6-8-16(17)18/h6-9,13,15,19H,5,10-12,14H2,1-4H3/t15-,19-/m1/s1. The molecule has 1 aromatic carbocycles. The number of para-hydroxylation sites is 1. The zero-order valence-corrected chi connectivity index (χ0v) is 15.7. The van der Waals surface area contributed by atoms with Gasteiger partial charge in [-0.05, 0) is 26.1 Å². The number of hydrogen-bond donors (Lipinski definition) is 0. The van der Waals surface area contributed by atoms with Crippen LogP contribution in [0, 0.1) is 5.92 Å². The van der Waals surface area contributed by atoms with Crippen LogP contribution in [-0.2, 0) is 11.3 Å². The normalized spacial score (nSPS) is 20.8. The van der Waals surface area contributed by atoms with Crippen LogP contribution in [-0.4, -0.2) is 67.2 Å². The maximum Gasteiger partial charge on any atom is 0.256 e. The monoisotopic (exact) mass is 343 g/mol. The van der Waals surface area contributed by atoms with Crippen molar-refractivity contribution in [2.24, 2.45) is 5.92 Å². The first-order valence-corrected chi connectivity index (χ1v) is 9.09. The van der Waals surface area contributed by atoms with Gasteiger partial charge in [-0.1, -0.05) is 31.5 Å². The largest absolute Gasteiger partial charge is 0.383 e. The lowest BCUT2D eigenvalue weighted by Crippen LogP contribution is -2.36. The van der Waals surface area contributed by atoms with Gasteiger partial charge in [0.25, 0.3) is 5.91 Å². The molecular weight excluding hydrogens is 314 g/mol. The van der Waals surface area contributed by atoms with E-state index in [-0.39, 0.29) is 5.91 Å². The van der Waals surface area contributed by atoms with E-state index in [4.69, 9.17) is 4.74 Å². The Bertz CT molecular complexity index is 738. The lowest BCUT2D eigenvalue weighted by molar-refractivity contribution is 0.0782. The van der Waals surface area contributed by atoms with Crippen molar-refractivity contribution in [1.82, 2.24) is 14.4 Å². The number of nitrogens with zero attached hydrogens (tertiary/aromatic N) is 3. The van der Waals surface area contributed by atoms with E-state index in [1.54, 1.807) is 7.11 Å². The second kappa shape index (κ2) is 7.58. The Labute approximate surface area is 150 Å². The average Bonchev–Trinajstić information content (AvgIpc) is 3.21. The van der Waals surface area contributed by atoms with Gasteiger partial charge in [-0.25, -0.2) is 0 Å². The quantitative estimate of drug-likeness (QED) is 0.809. The van der Waals surface area contributed by atoms with E-state index in [9.17, 15) is 4.79 Å². The number of hydrogen-bond acceptors (Lipinski definition) is 3. The van der Waals surface area contributed by atoms with Crippen LogP contribution in [0.5, 0.6) is 0 Å². The first-order chi connectivity index (χ1) is 12.1. The number of likely N-dealkylation sites (N-methyl/N-ethyl adjacent to an activating group) is 1. The highest BCUT2D eigenvalue weighted by Gasteiger charge is 2.36. The Morgan fingerprint density at radius 1 is 1.28 bits per heavy atom. The van der Waals surface area contributed by atoms with Crippen LogP contribution in [0.25, 0.3) is 10.9 Å². The molecule has 0 N–H and O–H groups in total. The highest BCUT2D eigenvalue weighted by molar-refractivity contribution is 6.07. The van der Waals surface area contributed by atoms with Crippen LogP contribution in [0.1, 0.15) is 23.7 Å². The molecule has 0 radical (unpaired) electrons. The predicted octanol–water partition coefficient (Wildman–Crippen LogP) is 2.70. The van der Waals surface area contributed by atoms with E-state index >= 15 is 0 Å². The first kappa shape index (κ1) is 18.0. The minimum atomic E-state index is 0.148. The molecule has 1 fully saturated rings. The minimum absolute atomic E-state index is 0.148. The Kier molecular flexibility index (Phi) is 5.45. The molecule has 2 aromatic rings. The molecule has 136 valence electrons. The Balaban J connectivity index is 1.90. The summed E-state index contributed by atoms with van der Waals surface area (Å²) in [6, 6.07) is 8.58. The van der Waals surface area contributed by atoms with E-state index in [2.05, 4.69) is 36.6 Å². The number of aromatic nitrogens is 1. The summed E-state index contributed by atoms with van der Waals surface area (Å²) in [7, 11) is 5.92. The van der Waals surface area contributed by atoms with Gasteiger partial charge < -0.3 is 19.1 Å². The summed E-state index contributed by atoms with van der Waals surface area (Å²) >= 11 is 0. The SMILES string of the molecule is CC[C@@H]1CN(C(=O)c2cn(CCOC)c3ccccc23)C[C@H]1N(C)C. The lowest BCUT2D eigenvalue weighted by atomic mass is 10.0. The van der Waals surface area contributed by atoms with E-state index in [0.717, 1.165) is 42.5 Å². The number of methoxy groups -OCH3 is 1. The molecule has 0 saturated carbocycles. The van der Waals surface area contributed by atoms with E-state index < -0.39 is 0 Å². The molecule has 0 unspecified atom stereocenters. The predicted molar refractivity (Wildman–Crippen MR) is 101 cm³/mol. The molecule has 2 heterocycles. The number of likely N-dealkylation sites (tertiary alicyclic amines) is 1. The number of benzene rings is 1. The van der Waals surface area contributed by atoms with Crippen molar-refractivity contribution in [2.75, 3.05) is 40.9 Å². The summed E-state index contributed by atoms with van der Waals surface area (Å²) in [4.78, 5) is 17.5. The van der Waals surface area contributed by atoms with Crippen molar-refractivity contribution in [3.63, 3.8) is 0 Å². The maximum absolute atomic E-state index is 13.2. The summed E-state index contributed by atoms with van der Waals surface area (Å²) in [6.07, 6.45) is 3.10. The van der Waals surface area contributed by atoms with Gasteiger partial charge in [-0.2, -0.15) is 0 Å². The fourth-order valence-corrected chi connectivity index (χ4v) is 3.97. The molecule has 25 heavy (non-hydrogen) atoms. The fraction of sp³-hybridized carbons (Fsp3) is 0.550.